The van der Waals surface area contributed by atoms with Crippen LogP contribution in [-0.2, 0) is 11.3 Å². The maximum Gasteiger partial charge on any atom is 0.165 e. The van der Waals surface area contributed by atoms with Crippen LogP contribution in [0.25, 0.3) is 0 Å². The molecular formula is C11H17N5O. The topological polar surface area (TPSA) is 56.1 Å². The first kappa shape index (κ1) is 9.96. The summed E-state index contributed by atoms with van der Waals surface area (Å²) in [7, 11) is 0. The van der Waals surface area contributed by atoms with Crippen molar-refractivity contribution >= 4 is 0 Å². The quantitative estimate of drug-likeness (QED) is 0.757. The third-order valence-corrected chi connectivity index (χ3v) is 4.16. The van der Waals surface area contributed by atoms with Gasteiger partial charge in [0.05, 0.1) is 25.8 Å². The van der Waals surface area contributed by atoms with E-state index >= 15 is 0 Å². The Morgan fingerprint density at radius 1 is 1.35 bits per heavy atom. The molecule has 2 heterocycles. The summed E-state index contributed by atoms with van der Waals surface area (Å²) in [5, 5.41) is 12.1. The Kier molecular flexibility index (Phi) is 2.05. The molecule has 0 unspecified atom stereocenters. The van der Waals surface area contributed by atoms with Crippen LogP contribution >= 0.6 is 0 Å². The van der Waals surface area contributed by atoms with Gasteiger partial charge >= 0.3 is 0 Å². The van der Waals surface area contributed by atoms with E-state index in [1.165, 1.54) is 25.7 Å². The number of morpholine rings is 1. The molecule has 0 atom stereocenters. The SMILES string of the molecule is C1CN(Cc2nnnn2C2CC2)C2(CC2)CO1. The van der Waals surface area contributed by atoms with E-state index in [4.69, 9.17) is 4.74 Å². The van der Waals surface area contributed by atoms with Crippen molar-refractivity contribution in [3.63, 3.8) is 0 Å². The van der Waals surface area contributed by atoms with Crippen molar-refractivity contribution in [3.8, 4) is 0 Å². The summed E-state index contributed by atoms with van der Waals surface area (Å²) >= 11 is 0. The van der Waals surface area contributed by atoms with Gasteiger partial charge in [-0.2, -0.15) is 0 Å². The largest absolute Gasteiger partial charge is 0.378 e. The molecule has 92 valence electrons. The van der Waals surface area contributed by atoms with Crippen LogP contribution in [0.5, 0.6) is 0 Å². The van der Waals surface area contributed by atoms with Crippen LogP contribution < -0.4 is 0 Å². The van der Waals surface area contributed by atoms with Crippen LogP contribution in [0, 0.1) is 0 Å². The molecule has 0 amide bonds. The third-order valence-electron chi connectivity index (χ3n) is 4.16. The molecule has 2 saturated carbocycles. The molecule has 1 aromatic heterocycles. The van der Waals surface area contributed by atoms with E-state index in [1.54, 1.807) is 0 Å². The van der Waals surface area contributed by atoms with E-state index in [0.29, 0.717) is 11.6 Å². The molecule has 0 radical (unpaired) electrons. The number of ether oxygens (including phenoxy) is 1. The van der Waals surface area contributed by atoms with Crippen molar-refractivity contribution in [2.45, 2.75) is 43.8 Å². The van der Waals surface area contributed by atoms with E-state index in [9.17, 15) is 0 Å². The molecule has 0 aromatic carbocycles. The van der Waals surface area contributed by atoms with E-state index in [2.05, 4.69) is 20.4 Å². The van der Waals surface area contributed by atoms with Gasteiger partial charge in [-0.1, -0.05) is 0 Å². The van der Waals surface area contributed by atoms with Crippen LogP contribution in [0.2, 0.25) is 0 Å². The van der Waals surface area contributed by atoms with Crippen molar-refractivity contribution in [1.82, 2.24) is 25.1 Å². The van der Waals surface area contributed by atoms with Crippen molar-refractivity contribution in [2.24, 2.45) is 0 Å². The van der Waals surface area contributed by atoms with E-state index in [-0.39, 0.29) is 0 Å². The minimum atomic E-state index is 0.318. The predicted molar refractivity (Wildman–Crippen MR) is 59.3 cm³/mol. The lowest BCUT2D eigenvalue weighted by Crippen LogP contribution is -2.47. The molecule has 1 saturated heterocycles. The molecule has 0 N–H and O–H groups in total. The summed E-state index contributed by atoms with van der Waals surface area (Å²) in [5.74, 6) is 1.03. The second-order valence-electron chi connectivity index (χ2n) is 5.47. The van der Waals surface area contributed by atoms with Gasteiger partial charge in [-0.05, 0) is 36.1 Å². The van der Waals surface area contributed by atoms with Crippen LogP contribution in [0.3, 0.4) is 0 Å². The monoisotopic (exact) mass is 235 g/mol. The van der Waals surface area contributed by atoms with Crippen LogP contribution in [-0.4, -0.2) is 50.4 Å². The van der Waals surface area contributed by atoms with Crippen molar-refractivity contribution < 1.29 is 4.74 Å². The van der Waals surface area contributed by atoms with Crippen LogP contribution in [0.4, 0.5) is 0 Å². The molecule has 3 fully saturated rings. The number of hydrogen-bond donors (Lipinski definition) is 0. The first-order valence-corrected chi connectivity index (χ1v) is 6.47. The van der Waals surface area contributed by atoms with Gasteiger partial charge < -0.3 is 4.74 Å². The van der Waals surface area contributed by atoms with Gasteiger partial charge in [0.1, 0.15) is 0 Å². The second kappa shape index (κ2) is 3.49. The fourth-order valence-electron chi connectivity index (χ4n) is 2.71. The molecular weight excluding hydrogens is 218 g/mol. The highest BCUT2D eigenvalue weighted by Gasteiger charge is 2.50. The minimum Gasteiger partial charge on any atom is -0.378 e. The molecule has 6 nitrogen and oxygen atoms in total. The number of tetrazole rings is 1. The lowest BCUT2D eigenvalue weighted by atomic mass is 10.2. The summed E-state index contributed by atoms with van der Waals surface area (Å²) in [5.41, 5.74) is 0.318. The molecule has 1 aliphatic heterocycles. The second-order valence-corrected chi connectivity index (χ2v) is 5.47. The fraction of sp³-hybridized carbons (Fsp3) is 0.909. The van der Waals surface area contributed by atoms with E-state index in [0.717, 1.165) is 32.1 Å². The maximum atomic E-state index is 5.59. The molecule has 2 aliphatic carbocycles. The fourth-order valence-corrected chi connectivity index (χ4v) is 2.71. The Morgan fingerprint density at radius 3 is 3.00 bits per heavy atom. The van der Waals surface area contributed by atoms with Gasteiger partial charge in [-0.3, -0.25) is 4.90 Å². The molecule has 4 rings (SSSR count). The smallest absolute Gasteiger partial charge is 0.165 e. The Morgan fingerprint density at radius 2 is 2.24 bits per heavy atom. The van der Waals surface area contributed by atoms with Gasteiger partial charge in [0.2, 0.25) is 0 Å². The first-order valence-electron chi connectivity index (χ1n) is 6.47. The molecule has 0 bridgehead atoms. The van der Waals surface area contributed by atoms with Gasteiger partial charge in [-0.25, -0.2) is 4.68 Å². The normalized spacial score (nSPS) is 27.5. The van der Waals surface area contributed by atoms with Gasteiger partial charge in [0.25, 0.3) is 0 Å². The zero-order valence-electron chi connectivity index (χ0n) is 9.88. The van der Waals surface area contributed by atoms with Gasteiger partial charge in [0.15, 0.2) is 5.82 Å². The van der Waals surface area contributed by atoms with Crippen LogP contribution in [0.15, 0.2) is 0 Å². The average molecular weight is 235 g/mol. The van der Waals surface area contributed by atoms with Crippen molar-refractivity contribution in [3.05, 3.63) is 5.82 Å². The summed E-state index contributed by atoms with van der Waals surface area (Å²) < 4.78 is 7.61. The third kappa shape index (κ3) is 1.66. The number of aromatic nitrogens is 4. The predicted octanol–water partition coefficient (Wildman–Crippen LogP) is 0.373. The molecule has 6 heteroatoms. The Hall–Kier alpha value is -1.01. The van der Waals surface area contributed by atoms with Crippen molar-refractivity contribution in [1.29, 1.82) is 0 Å². The highest BCUT2D eigenvalue weighted by molar-refractivity contribution is 5.06. The number of rotatable bonds is 3. The van der Waals surface area contributed by atoms with Gasteiger partial charge in [0, 0.05) is 12.1 Å². The summed E-state index contributed by atoms with van der Waals surface area (Å²) in [6.45, 7) is 3.62. The zero-order chi connectivity index (χ0) is 11.3. The maximum absolute atomic E-state index is 5.59. The summed E-state index contributed by atoms with van der Waals surface area (Å²) in [4.78, 5) is 2.51. The van der Waals surface area contributed by atoms with E-state index in [1.807, 2.05) is 4.68 Å². The number of nitrogens with zero attached hydrogens (tertiary/aromatic N) is 5. The zero-order valence-corrected chi connectivity index (χ0v) is 9.88. The Bertz CT molecular complexity index is 423. The molecule has 17 heavy (non-hydrogen) atoms. The van der Waals surface area contributed by atoms with Crippen molar-refractivity contribution in [2.75, 3.05) is 19.8 Å². The standard InChI is InChI=1S/C11H17N5O/c1-2-9(1)16-10(12-13-14-16)7-15-5-6-17-8-11(15)3-4-11/h9H,1-8H2. The highest BCUT2D eigenvalue weighted by Crippen LogP contribution is 2.44. The molecule has 3 aliphatic rings. The molecule has 1 aromatic rings. The van der Waals surface area contributed by atoms with Gasteiger partial charge in [-0.15, -0.1) is 5.10 Å². The lowest BCUT2D eigenvalue weighted by Gasteiger charge is -2.35. The summed E-state index contributed by atoms with van der Waals surface area (Å²) in [6, 6.07) is 0.566. The lowest BCUT2D eigenvalue weighted by molar-refractivity contribution is -0.0261. The Labute approximate surface area is 99.9 Å². The molecule has 1 spiro atoms. The minimum absolute atomic E-state index is 0.318. The Balaban J connectivity index is 1.53. The van der Waals surface area contributed by atoms with Crippen LogP contribution in [0.1, 0.15) is 37.5 Å². The summed E-state index contributed by atoms with van der Waals surface area (Å²) in [6.07, 6.45) is 4.98. The highest BCUT2D eigenvalue weighted by atomic mass is 16.5. The average Bonchev–Trinajstić information content (AvgIpc) is 3.26. The number of hydrogen-bond acceptors (Lipinski definition) is 5. The van der Waals surface area contributed by atoms with E-state index < -0.39 is 0 Å². The first-order chi connectivity index (χ1) is 8.37.